The van der Waals surface area contributed by atoms with E-state index in [1.165, 1.54) is 17.8 Å². The molecule has 0 fully saturated rings. The van der Waals surface area contributed by atoms with Crippen LogP contribution in [0, 0.1) is 6.92 Å². The maximum atomic E-state index is 13.4. The van der Waals surface area contributed by atoms with Crippen molar-refractivity contribution in [1.29, 1.82) is 0 Å². The molecule has 2 aromatic carbocycles. The number of carbonyl (C=O) groups is 2. The third kappa shape index (κ3) is 8.28. The summed E-state index contributed by atoms with van der Waals surface area (Å²) in [4.78, 5) is 26.7. The molecule has 3 aromatic rings. The van der Waals surface area contributed by atoms with Gasteiger partial charge in [-0.05, 0) is 68.8 Å². The summed E-state index contributed by atoms with van der Waals surface area (Å²) >= 11 is 6.94. The number of carboxylic acid groups (broad SMARTS) is 1. The molecule has 0 atom stereocenters. The number of nitrogens with one attached hydrogen (secondary N) is 1. The third-order valence-electron chi connectivity index (χ3n) is 5.32. The zero-order valence-electron chi connectivity index (χ0n) is 20.4. The second-order valence-corrected chi connectivity index (χ2v) is 11.1. The molecule has 0 aliphatic heterocycles. The summed E-state index contributed by atoms with van der Waals surface area (Å²) in [5.41, 5.74) is -0.576. The fraction of sp³-hybridized carbons (Fsp3) is 0.308. The molecule has 0 saturated heterocycles. The Morgan fingerprint density at radius 2 is 1.73 bits per heavy atom. The molecular weight excluding hydrogens is 529 g/mol. The van der Waals surface area contributed by atoms with Crippen molar-refractivity contribution in [3.8, 4) is 0 Å². The minimum Gasteiger partial charge on any atom is -0.480 e. The van der Waals surface area contributed by atoms with Crippen LogP contribution in [0.4, 0.5) is 18.9 Å². The first kappa shape index (κ1) is 28.6. The highest BCUT2D eigenvalue weighted by atomic mass is 35.5. The third-order valence-corrected chi connectivity index (χ3v) is 6.75. The maximum absolute atomic E-state index is 13.4. The molecule has 0 aliphatic carbocycles. The lowest BCUT2D eigenvalue weighted by atomic mass is 10.1. The number of hydrogen-bond donors (Lipinski definition) is 2. The fourth-order valence-electron chi connectivity index (χ4n) is 3.47. The minimum atomic E-state index is -4.69. The van der Waals surface area contributed by atoms with Crippen LogP contribution in [0.15, 0.2) is 63.9 Å². The number of anilines is 1. The predicted octanol–water partition coefficient (Wildman–Crippen LogP) is 6.86. The summed E-state index contributed by atoms with van der Waals surface area (Å²) in [7, 11) is 0. The first-order chi connectivity index (χ1) is 17.2. The minimum absolute atomic E-state index is 0.0894. The molecule has 0 bridgehead atoms. The van der Waals surface area contributed by atoms with Gasteiger partial charge in [0.05, 0.1) is 24.3 Å². The monoisotopic (exact) mass is 554 g/mol. The molecule has 1 amide bonds. The number of carboxylic acids is 1. The van der Waals surface area contributed by atoms with E-state index >= 15 is 0 Å². The number of hydrogen-bond acceptors (Lipinski definition) is 5. The number of furan rings is 1. The summed E-state index contributed by atoms with van der Waals surface area (Å²) in [5.74, 6) is -0.269. The molecule has 0 spiro atoms. The Morgan fingerprint density at radius 1 is 1.05 bits per heavy atom. The standard InChI is InChI=1S/C26H26ClF3N2O4S/c1-16-4-8-19(36-16)14-32(13-17-5-9-20(10-6-17)37-25(2,3)24(34)35)15-23(33)31-22-11-7-18(27)12-21(22)26(28,29)30/h4-12H,13-15H2,1-3H3,(H,31,33)(H,34,35). The van der Waals surface area contributed by atoms with E-state index in [1.54, 1.807) is 49.9 Å². The van der Waals surface area contributed by atoms with Gasteiger partial charge in [0.1, 0.15) is 16.3 Å². The van der Waals surface area contributed by atoms with Gasteiger partial charge in [0.15, 0.2) is 0 Å². The number of alkyl halides is 3. The average Bonchev–Trinajstić information content (AvgIpc) is 3.19. The maximum Gasteiger partial charge on any atom is 0.418 e. The first-order valence-electron chi connectivity index (χ1n) is 11.2. The van der Waals surface area contributed by atoms with Crippen molar-refractivity contribution in [2.45, 2.75) is 49.7 Å². The topological polar surface area (TPSA) is 82.8 Å². The highest BCUT2D eigenvalue weighted by molar-refractivity contribution is 8.01. The van der Waals surface area contributed by atoms with E-state index in [0.717, 1.165) is 22.6 Å². The van der Waals surface area contributed by atoms with E-state index in [4.69, 9.17) is 16.0 Å². The van der Waals surface area contributed by atoms with E-state index in [1.807, 2.05) is 12.1 Å². The van der Waals surface area contributed by atoms with Crippen LogP contribution >= 0.6 is 23.4 Å². The van der Waals surface area contributed by atoms with Crippen molar-refractivity contribution in [3.63, 3.8) is 0 Å². The number of amides is 1. The lowest BCUT2D eigenvalue weighted by Crippen LogP contribution is -2.33. The van der Waals surface area contributed by atoms with Gasteiger partial charge in [0.25, 0.3) is 0 Å². The Balaban J connectivity index is 1.76. The molecule has 0 unspecified atom stereocenters. The molecule has 0 radical (unpaired) electrons. The zero-order valence-corrected chi connectivity index (χ0v) is 21.9. The van der Waals surface area contributed by atoms with Crippen LogP contribution in [-0.4, -0.2) is 33.2 Å². The Bertz CT molecular complexity index is 1260. The summed E-state index contributed by atoms with van der Waals surface area (Å²) in [6.45, 7) is 5.36. The number of thioether (sulfide) groups is 1. The number of halogens is 4. The fourth-order valence-corrected chi connectivity index (χ4v) is 4.59. The van der Waals surface area contributed by atoms with Crippen molar-refractivity contribution in [2.24, 2.45) is 0 Å². The highest BCUT2D eigenvalue weighted by Crippen LogP contribution is 2.36. The van der Waals surface area contributed by atoms with Crippen LogP contribution in [0.2, 0.25) is 5.02 Å². The number of aliphatic carboxylic acids is 1. The van der Waals surface area contributed by atoms with E-state index in [0.29, 0.717) is 18.1 Å². The van der Waals surface area contributed by atoms with E-state index < -0.39 is 28.4 Å². The molecule has 3 rings (SSSR count). The van der Waals surface area contributed by atoms with Crippen LogP contribution < -0.4 is 5.32 Å². The van der Waals surface area contributed by atoms with Crippen molar-refractivity contribution in [1.82, 2.24) is 4.90 Å². The van der Waals surface area contributed by atoms with Crippen molar-refractivity contribution in [2.75, 3.05) is 11.9 Å². The Labute approximate surface area is 221 Å². The molecule has 11 heteroatoms. The van der Waals surface area contributed by atoms with Gasteiger partial charge in [0.2, 0.25) is 5.91 Å². The van der Waals surface area contributed by atoms with E-state index in [-0.39, 0.29) is 23.8 Å². The lowest BCUT2D eigenvalue weighted by molar-refractivity contribution is -0.139. The summed E-state index contributed by atoms with van der Waals surface area (Å²) in [5, 5.41) is 11.6. The largest absolute Gasteiger partial charge is 0.480 e. The zero-order chi connectivity index (χ0) is 27.4. The number of rotatable bonds is 10. The molecule has 198 valence electrons. The lowest BCUT2D eigenvalue weighted by Gasteiger charge is -2.22. The first-order valence-corrected chi connectivity index (χ1v) is 12.4. The average molecular weight is 555 g/mol. The molecule has 37 heavy (non-hydrogen) atoms. The van der Waals surface area contributed by atoms with Gasteiger partial charge < -0.3 is 14.8 Å². The second kappa shape index (κ2) is 11.6. The summed E-state index contributed by atoms with van der Waals surface area (Å²) in [6.07, 6.45) is -4.69. The van der Waals surface area contributed by atoms with Gasteiger partial charge in [-0.25, -0.2) is 0 Å². The summed E-state index contributed by atoms with van der Waals surface area (Å²) in [6, 6.07) is 14.0. The molecule has 0 aliphatic rings. The molecular formula is C26H26ClF3N2O4S. The Morgan fingerprint density at radius 3 is 2.30 bits per heavy atom. The normalized spacial score (nSPS) is 12.1. The van der Waals surface area contributed by atoms with Crippen molar-refractivity contribution in [3.05, 3.63) is 82.3 Å². The molecule has 6 nitrogen and oxygen atoms in total. The number of carbonyl (C=O) groups excluding carboxylic acids is 1. The molecule has 0 saturated carbocycles. The molecule has 2 N–H and O–H groups in total. The van der Waals surface area contributed by atoms with Crippen molar-refractivity contribution >= 4 is 40.9 Å². The number of benzene rings is 2. The Hall–Kier alpha value is -2.95. The second-order valence-electron chi connectivity index (χ2n) is 8.95. The van der Waals surface area contributed by atoms with Crippen LogP contribution in [0.1, 0.15) is 36.5 Å². The molecule has 1 aromatic heterocycles. The van der Waals surface area contributed by atoms with Crippen molar-refractivity contribution < 1.29 is 32.3 Å². The smallest absolute Gasteiger partial charge is 0.418 e. The van der Waals surface area contributed by atoms with Crippen LogP contribution in [0.5, 0.6) is 0 Å². The summed E-state index contributed by atoms with van der Waals surface area (Å²) < 4.78 is 44.9. The highest BCUT2D eigenvalue weighted by Gasteiger charge is 2.34. The Kier molecular flexibility index (Phi) is 8.99. The van der Waals surface area contributed by atoms with Gasteiger partial charge in [-0.2, -0.15) is 13.2 Å². The van der Waals surface area contributed by atoms with Crippen LogP contribution in [-0.2, 0) is 28.9 Å². The van der Waals surface area contributed by atoms with Gasteiger partial charge in [-0.15, -0.1) is 11.8 Å². The number of nitrogens with zero attached hydrogens (tertiary/aromatic N) is 1. The van der Waals surface area contributed by atoms with Gasteiger partial charge in [-0.1, -0.05) is 23.7 Å². The van der Waals surface area contributed by atoms with Crippen LogP contribution in [0.25, 0.3) is 0 Å². The van der Waals surface area contributed by atoms with Gasteiger partial charge >= 0.3 is 12.1 Å². The van der Waals surface area contributed by atoms with E-state index in [2.05, 4.69) is 5.32 Å². The molecule has 1 heterocycles. The van der Waals surface area contributed by atoms with Gasteiger partial charge in [-0.3, -0.25) is 14.5 Å². The quantitative estimate of drug-likeness (QED) is 0.267. The SMILES string of the molecule is Cc1ccc(CN(CC(=O)Nc2ccc(Cl)cc2C(F)(F)F)Cc2ccc(SC(C)(C)C(=O)O)cc2)o1. The van der Waals surface area contributed by atoms with Gasteiger partial charge in [0, 0.05) is 16.5 Å². The van der Waals surface area contributed by atoms with Crippen LogP contribution in [0.3, 0.4) is 0 Å². The number of aryl methyl sites for hydroxylation is 1. The van der Waals surface area contributed by atoms with E-state index in [9.17, 15) is 27.9 Å². The predicted molar refractivity (Wildman–Crippen MR) is 137 cm³/mol.